The van der Waals surface area contributed by atoms with Crippen molar-refractivity contribution in [1.82, 2.24) is 0 Å². The van der Waals surface area contributed by atoms with Gasteiger partial charge in [0.15, 0.2) is 0 Å². The van der Waals surface area contributed by atoms with Crippen LogP contribution in [0.25, 0.3) is 0 Å². The van der Waals surface area contributed by atoms with Gasteiger partial charge >= 0.3 is 10.8 Å². The van der Waals surface area contributed by atoms with Gasteiger partial charge < -0.3 is 0 Å². The third-order valence-corrected chi connectivity index (χ3v) is 1.50. The third-order valence-electron chi connectivity index (χ3n) is 0.583. The Labute approximate surface area is 62.3 Å². The van der Waals surface area contributed by atoms with Gasteiger partial charge in [-0.25, -0.2) is 0 Å². The average molecular weight is 229 g/mol. The van der Waals surface area contributed by atoms with E-state index in [0.29, 0.717) is 0 Å². The van der Waals surface area contributed by atoms with Gasteiger partial charge in [-0.05, 0) is 15.9 Å². The Morgan fingerprint density at radius 1 is 1.22 bits per heavy atom. The maximum atomic E-state index is 11.7. The van der Waals surface area contributed by atoms with Crippen molar-refractivity contribution in [3.8, 4) is 0 Å². The Kier molecular flexibility index (Phi) is 2.76. The molecule has 0 saturated carbocycles. The molecular weight excluding hydrogens is 227 g/mol. The van der Waals surface area contributed by atoms with E-state index in [1.807, 2.05) is 0 Å². The fourth-order valence-corrected chi connectivity index (χ4v) is 0.545. The lowest BCUT2D eigenvalue weighted by molar-refractivity contribution is -0.130. The topological polar surface area (TPSA) is 0 Å². The first-order valence-corrected chi connectivity index (χ1v) is 3.14. The molecule has 0 amide bonds. The molecule has 56 valence electrons. The van der Waals surface area contributed by atoms with Crippen LogP contribution in [0.5, 0.6) is 0 Å². The van der Waals surface area contributed by atoms with Gasteiger partial charge in [-0.15, -0.1) is 11.6 Å². The van der Waals surface area contributed by atoms with E-state index < -0.39 is 16.6 Å². The average Bonchev–Trinajstić information content (AvgIpc) is 1.64. The number of alkyl halides is 6. The van der Waals surface area contributed by atoms with Gasteiger partial charge in [-0.2, -0.15) is 17.6 Å². The molecule has 0 spiro atoms. The third kappa shape index (κ3) is 2.29. The van der Waals surface area contributed by atoms with Crippen LogP contribution in [0.15, 0.2) is 0 Å². The highest BCUT2D eigenvalue weighted by atomic mass is 79.9. The summed E-state index contributed by atoms with van der Waals surface area (Å²) in [5, 5.41) is 0. The van der Waals surface area contributed by atoms with Crippen LogP contribution in [0, 0.1) is 0 Å². The predicted octanol–water partition coefficient (Wildman–Crippen LogP) is 2.85. The van der Waals surface area contributed by atoms with E-state index in [-0.39, 0.29) is 0 Å². The van der Waals surface area contributed by atoms with Crippen molar-refractivity contribution in [2.75, 3.05) is 5.88 Å². The molecule has 0 aliphatic rings. The molecule has 0 aromatic rings. The molecule has 9 heavy (non-hydrogen) atoms. The molecule has 0 aromatic heterocycles. The van der Waals surface area contributed by atoms with Crippen molar-refractivity contribution in [2.45, 2.75) is 10.8 Å². The van der Waals surface area contributed by atoms with E-state index in [1.54, 1.807) is 0 Å². The van der Waals surface area contributed by atoms with Crippen molar-refractivity contribution in [1.29, 1.82) is 0 Å². The summed E-state index contributed by atoms with van der Waals surface area (Å²) < 4.78 is 46.6. The maximum absolute atomic E-state index is 11.7. The second kappa shape index (κ2) is 2.62. The Bertz CT molecular complexity index is 98.5. The molecule has 0 radical (unpaired) electrons. The summed E-state index contributed by atoms with van der Waals surface area (Å²) in [5.41, 5.74) is 0. The minimum absolute atomic E-state index is 1.40. The quantitative estimate of drug-likeness (QED) is 0.504. The van der Waals surface area contributed by atoms with Crippen LogP contribution in [0.3, 0.4) is 0 Å². The molecule has 0 bridgehead atoms. The minimum Gasteiger partial charge on any atom is -0.197 e. The van der Waals surface area contributed by atoms with Crippen molar-refractivity contribution in [3.05, 3.63) is 0 Å². The summed E-state index contributed by atoms with van der Waals surface area (Å²) in [5.74, 6) is -5.57. The molecule has 0 rings (SSSR count). The lowest BCUT2D eigenvalue weighted by Gasteiger charge is -2.17. The maximum Gasteiger partial charge on any atom is 0.364 e. The first kappa shape index (κ1) is 9.49. The van der Waals surface area contributed by atoms with Crippen molar-refractivity contribution in [2.24, 2.45) is 0 Å². The number of hydrogen-bond donors (Lipinski definition) is 0. The number of rotatable bonds is 2. The number of halogens is 6. The second-order valence-electron chi connectivity index (χ2n) is 1.34. The van der Waals surface area contributed by atoms with Gasteiger partial charge in [0.2, 0.25) is 0 Å². The van der Waals surface area contributed by atoms with Gasteiger partial charge in [0.25, 0.3) is 0 Å². The molecule has 0 atom stereocenters. The summed E-state index contributed by atoms with van der Waals surface area (Å²) in [6.07, 6.45) is 0. The summed E-state index contributed by atoms with van der Waals surface area (Å²) in [6.45, 7) is 0. The monoisotopic (exact) mass is 228 g/mol. The standard InChI is InChI=1S/C3H2BrClF4/c4-3(8,9)2(6,7)1-5/h1H2. The molecular formula is C3H2BrClF4. The molecule has 0 saturated heterocycles. The van der Waals surface area contributed by atoms with Crippen LogP contribution in [0.2, 0.25) is 0 Å². The van der Waals surface area contributed by atoms with Crippen LogP contribution >= 0.6 is 27.5 Å². The molecule has 0 aromatic carbocycles. The second-order valence-corrected chi connectivity index (χ2v) is 2.60. The zero-order chi connectivity index (χ0) is 7.71. The van der Waals surface area contributed by atoms with E-state index in [1.165, 1.54) is 15.9 Å². The van der Waals surface area contributed by atoms with Crippen LogP contribution in [-0.4, -0.2) is 16.6 Å². The highest BCUT2D eigenvalue weighted by Crippen LogP contribution is 2.39. The number of hydrogen-bond acceptors (Lipinski definition) is 0. The largest absolute Gasteiger partial charge is 0.364 e. The molecule has 0 heterocycles. The van der Waals surface area contributed by atoms with Crippen LogP contribution < -0.4 is 0 Å². The zero-order valence-electron chi connectivity index (χ0n) is 3.97. The lowest BCUT2D eigenvalue weighted by Crippen LogP contribution is -2.36. The van der Waals surface area contributed by atoms with E-state index >= 15 is 0 Å². The molecule has 0 aliphatic heterocycles. The van der Waals surface area contributed by atoms with E-state index in [2.05, 4.69) is 11.6 Å². The minimum atomic E-state index is -4.21. The summed E-state index contributed by atoms with van der Waals surface area (Å²) in [7, 11) is 0. The highest BCUT2D eigenvalue weighted by Gasteiger charge is 2.53. The van der Waals surface area contributed by atoms with Crippen LogP contribution in [-0.2, 0) is 0 Å². The predicted molar refractivity (Wildman–Crippen MR) is 29.5 cm³/mol. The van der Waals surface area contributed by atoms with Gasteiger partial charge in [0.05, 0.1) is 5.88 Å². The molecule has 0 unspecified atom stereocenters. The SMILES string of the molecule is FC(F)(Br)C(F)(F)CCl. The Hall–Kier alpha value is 0.490. The van der Waals surface area contributed by atoms with E-state index in [9.17, 15) is 17.6 Å². The van der Waals surface area contributed by atoms with Gasteiger partial charge in [0, 0.05) is 0 Å². The molecule has 0 fully saturated rings. The van der Waals surface area contributed by atoms with Gasteiger partial charge in [-0.1, -0.05) is 0 Å². The summed E-state index contributed by atoms with van der Waals surface area (Å²) in [6, 6.07) is 0. The molecule has 0 nitrogen and oxygen atoms in total. The van der Waals surface area contributed by atoms with E-state index in [4.69, 9.17) is 0 Å². The first-order valence-electron chi connectivity index (χ1n) is 1.82. The zero-order valence-corrected chi connectivity index (χ0v) is 6.32. The smallest absolute Gasteiger partial charge is 0.197 e. The van der Waals surface area contributed by atoms with Crippen LogP contribution in [0.4, 0.5) is 17.6 Å². The van der Waals surface area contributed by atoms with Crippen molar-refractivity contribution in [3.63, 3.8) is 0 Å². The summed E-state index contributed by atoms with van der Waals surface area (Å²) in [4.78, 5) is -4.21. The fourth-order valence-electron chi connectivity index (χ4n) is 0.0758. The molecule has 0 aliphatic carbocycles. The van der Waals surface area contributed by atoms with Gasteiger partial charge in [0.1, 0.15) is 0 Å². The molecule has 6 heteroatoms. The first-order chi connectivity index (χ1) is 3.81. The van der Waals surface area contributed by atoms with Crippen molar-refractivity contribution < 1.29 is 17.6 Å². The van der Waals surface area contributed by atoms with E-state index in [0.717, 1.165) is 0 Å². The Morgan fingerprint density at radius 3 is 1.56 bits per heavy atom. The van der Waals surface area contributed by atoms with Crippen LogP contribution in [0.1, 0.15) is 0 Å². The summed E-state index contributed by atoms with van der Waals surface area (Å²) >= 11 is 6.01. The molecule has 0 N–H and O–H groups in total. The highest BCUT2D eigenvalue weighted by molar-refractivity contribution is 9.10. The van der Waals surface area contributed by atoms with Gasteiger partial charge in [-0.3, -0.25) is 0 Å². The normalized spacial score (nSPS) is 14.0. The Morgan fingerprint density at radius 2 is 1.56 bits per heavy atom. The fraction of sp³-hybridized carbons (Fsp3) is 1.00. The lowest BCUT2D eigenvalue weighted by atomic mass is 10.4. The Balaban J connectivity index is 4.14. The van der Waals surface area contributed by atoms with Crippen molar-refractivity contribution >= 4 is 27.5 Å².